The van der Waals surface area contributed by atoms with Crippen molar-refractivity contribution in [1.82, 2.24) is 0 Å². The Morgan fingerprint density at radius 3 is 2.40 bits per heavy atom. The van der Waals surface area contributed by atoms with E-state index in [1.807, 2.05) is 0 Å². The third kappa shape index (κ3) is 7.41. The predicted molar refractivity (Wildman–Crippen MR) is 44.0 cm³/mol. The molecule has 0 rings (SSSR count). The van der Waals surface area contributed by atoms with E-state index < -0.39 is 0 Å². The second-order valence-corrected chi connectivity index (χ2v) is 2.33. The molecule has 0 atom stereocenters. The molecule has 0 aromatic heterocycles. The van der Waals surface area contributed by atoms with Gasteiger partial charge in [-0.25, -0.2) is 0 Å². The van der Waals surface area contributed by atoms with Gasteiger partial charge in [-0.05, 0) is 25.7 Å². The zero-order chi connectivity index (χ0) is 7.66. The van der Waals surface area contributed by atoms with Crippen LogP contribution in [0.15, 0.2) is 12.2 Å². The molecule has 1 nitrogen and oxygen atoms in total. The lowest BCUT2D eigenvalue weighted by Gasteiger charge is -1.89. The van der Waals surface area contributed by atoms with Crippen molar-refractivity contribution < 1.29 is 4.79 Å². The summed E-state index contributed by atoms with van der Waals surface area (Å²) in [6.07, 6.45) is 10.5. The van der Waals surface area contributed by atoms with Crippen LogP contribution in [0.5, 0.6) is 0 Å². The van der Waals surface area contributed by atoms with Gasteiger partial charge in [0, 0.05) is 6.42 Å². The molecule has 0 saturated heterocycles. The third-order valence-electron chi connectivity index (χ3n) is 1.35. The number of allylic oxidation sites excluding steroid dienone is 2. The van der Waals surface area contributed by atoms with Gasteiger partial charge in [-0.15, -0.1) is 0 Å². The third-order valence-corrected chi connectivity index (χ3v) is 1.35. The second kappa shape index (κ2) is 8.41. The number of carbonyl (C=O) groups excluding carboxylic acids is 1. The predicted octanol–water partition coefficient (Wildman–Crippen LogP) is 2.71. The monoisotopic (exact) mass is 140 g/mol. The van der Waals surface area contributed by atoms with Crippen molar-refractivity contribution in [3.05, 3.63) is 12.2 Å². The van der Waals surface area contributed by atoms with Crippen molar-refractivity contribution in [2.45, 2.75) is 39.0 Å². The minimum atomic E-state index is 0.722. The van der Waals surface area contributed by atoms with Crippen LogP contribution >= 0.6 is 0 Å². The SMILES string of the molecule is CC/C=C/CCCCC=O. The molecule has 0 aromatic rings. The lowest BCUT2D eigenvalue weighted by Crippen LogP contribution is -1.75. The maximum absolute atomic E-state index is 9.88. The molecule has 10 heavy (non-hydrogen) atoms. The normalized spacial score (nSPS) is 10.5. The first kappa shape index (κ1) is 9.41. The van der Waals surface area contributed by atoms with Crippen molar-refractivity contribution in [3.8, 4) is 0 Å². The van der Waals surface area contributed by atoms with Crippen molar-refractivity contribution >= 4 is 6.29 Å². The first-order valence-electron chi connectivity index (χ1n) is 4.00. The fraction of sp³-hybridized carbons (Fsp3) is 0.667. The largest absolute Gasteiger partial charge is 0.303 e. The Bertz CT molecular complexity index is 94.9. The minimum Gasteiger partial charge on any atom is -0.303 e. The lowest BCUT2D eigenvalue weighted by atomic mass is 10.2. The van der Waals surface area contributed by atoms with Crippen molar-refractivity contribution in [3.63, 3.8) is 0 Å². The molecule has 0 saturated carbocycles. The zero-order valence-corrected chi connectivity index (χ0v) is 6.68. The van der Waals surface area contributed by atoms with Gasteiger partial charge in [0.25, 0.3) is 0 Å². The van der Waals surface area contributed by atoms with E-state index in [4.69, 9.17) is 0 Å². The van der Waals surface area contributed by atoms with E-state index in [0.717, 1.165) is 38.4 Å². The molecule has 0 unspecified atom stereocenters. The summed E-state index contributed by atoms with van der Waals surface area (Å²) in [6.45, 7) is 2.13. The first-order chi connectivity index (χ1) is 4.91. The highest BCUT2D eigenvalue weighted by molar-refractivity contribution is 5.48. The van der Waals surface area contributed by atoms with Crippen LogP contribution < -0.4 is 0 Å². The Kier molecular flexibility index (Phi) is 7.91. The molecular weight excluding hydrogens is 124 g/mol. The molecule has 0 aliphatic heterocycles. The van der Waals surface area contributed by atoms with Crippen molar-refractivity contribution in [2.75, 3.05) is 0 Å². The van der Waals surface area contributed by atoms with Crippen molar-refractivity contribution in [2.24, 2.45) is 0 Å². The molecule has 0 fully saturated rings. The molecule has 0 bridgehead atoms. The summed E-state index contributed by atoms with van der Waals surface area (Å²) < 4.78 is 0. The molecule has 0 aliphatic rings. The molecule has 0 aliphatic carbocycles. The van der Waals surface area contributed by atoms with Crippen LogP contribution in [-0.4, -0.2) is 6.29 Å². The lowest BCUT2D eigenvalue weighted by molar-refractivity contribution is -0.107. The molecule has 58 valence electrons. The van der Waals surface area contributed by atoms with Crippen LogP contribution in [0.4, 0.5) is 0 Å². The highest BCUT2D eigenvalue weighted by atomic mass is 16.1. The van der Waals surface area contributed by atoms with Crippen LogP contribution in [0.3, 0.4) is 0 Å². The Labute approximate surface area is 63.1 Å². The van der Waals surface area contributed by atoms with E-state index in [0.29, 0.717) is 0 Å². The zero-order valence-electron chi connectivity index (χ0n) is 6.68. The van der Waals surface area contributed by atoms with Gasteiger partial charge in [-0.2, -0.15) is 0 Å². The fourth-order valence-electron chi connectivity index (χ4n) is 0.774. The maximum Gasteiger partial charge on any atom is 0.119 e. The summed E-state index contributed by atoms with van der Waals surface area (Å²) in [5.41, 5.74) is 0. The highest BCUT2D eigenvalue weighted by Crippen LogP contribution is 1.98. The maximum atomic E-state index is 9.88. The molecule has 0 radical (unpaired) electrons. The Morgan fingerprint density at radius 2 is 1.80 bits per heavy atom. The summed E-state index contributed by atoms with van der Waals surface area (Å²) >= 11 is 0. The van der Waals surface area contributed by atoms with Gasteiger partial charge in [0.1, 0.15) is 6.29 Å². The fourth-order valence-corrected chi connectivity index (χ4v) is 0.774. The van der Waals surface area contributed by atoms with Crippen LogP contribution in [0, 0.1) is 0 Å². The first-order valence-corrected chi connectivity index (χ1v) is 4.00. The Morgan fingerprint density at radius 1 is 1.10 bits per heavy atom. The average Bonchev–Trinajstić information content (AvgIpc) is 1.97. The summed E-state index contributed by atoms with van der Waals surface area (Å²) in [4.78, 5) is 9.88. The van der Waals surface area contributed by atoms with E-state index in [1.165, 1.54) is 0 Å². The van der Waals surface area contributed by atoms with E-state index in [2.05, 4.69) is 19.1 Å². The van der Waals surface area contributed by atoms with Gasteiger partial charge in [0.2, 0.25) is 0 Å². The van der Waals surface area contributed by atoms with Gasteiger partial charge in [0.05, 0.1) is 0 Å². The average molecular weight is 140 g/mol. The number of hydrogen-bond acceptors (Lipinski definition) is 1. The summed E-state index contributed by atoms with van der Waals surface area (Å²) in [5.74, 6) is 0. The number of hydrogen-bond donors (Lipinski definition) is 0. The highest BCUT2D eigenvalue weighted by Gasteiger charge is 1.82. The van der Waals surface area contributed by atoms with Crippen LogP contribution in [0.1, 0.15) is 39.0 Å². The molecule has 0 heterocycles. The minimum absolute atomic E-state index is 0.722. The van der Waals surface area contributed by atoms with Gasteiger partial charge in [-0.1, -0.05) is 19.1 Å². The topological polar surface area (TPSA) is 17.1 Å². The van der Waals surface area contributed by atoms with Gasteiger partial charge in [0.15, 0.2) is 0 Å². The second-order valence-electron chi connectivity index (χ2n) is 2.33. The molecular formula is C9H16O. The number of unbranched alkanes of at least 4 members (excludes halogenated alkanes) is 3. The van der Waals surface area contributed by atoms with Crippen LogP contribution in [0.2, 0.25) is 0 Å². The van der Waals surface area contributed by atoms with E-state index >= 15 is 0 Å². The summed E-state index contributed by atoms with van der Waals surface area (Å²) in [7, 11) is 0. The van der Waals surface area contributed by atoms with Gasteiger partial charge >= 0.3 is 0 Å². The number of aldehydes is 1. The molecule has 0 spiro atoms. The number of carbonyl (C=O) groups is 1. The quantitative estimate of drug-likeness (QED) is 0.315. The van der Waals surface area contributed by atoms with E-state index in [-0.39, 0.29) is 0 Å². The molecule has 0 aromatic carbocycles. The van der Waals surface area contributed by atoms with Crippen LogP contribution in [0.25, 0.3) is 0 Å². The number of rotatable bonds is 6. The Balaban J connectivity index is 2.89. The molecule has 0 amide bonds. The Hall–Kier alpha value is -0.590. The van der Waals surface area contributed by atoms with E-state index in [9.17, 15) is 4.79 Å². The standard InChI is InChI=1S/C9H16O/c1-2-3-4-5-6-7-8-9-10/h3-4,9H,2,5-8H2,1H3/b4-3+. The molecule has 1 heteroatoms. The summed E-state index contributed by atoms with van der Waals surface area (Å²) in [5, 5.41) is 0. The van der Waals surface area contributed by atoms with E-state index in [1.54, 1.807) is 0 Å². The van der Waals surface area contributed by atoms with Gasteiger partial charge < -0.3 is 4.79 Å². The van der Waals surface area contributed by atoms with Gasteiger partial charge in [-0.3, -0.25) is 0 Å². The van der Waals surface area contributed by atoms with Crippen LogP contribution in [-0.2, 0) is 4.79 Å². The summed E-state index contributed by atoms with van der Waals surface area (Å²) in [6, 6.07) is 0. The smallest absolute Gasteiger partial charge is 0.119 e. The molecule has 0 N–H and O–H groups in total. The van der Waals surface area contributed by atoms with Crippen molar-refractivity contribution in [1.29, 1.82) is 0 Å².